The smallest absolute Gasteiger partial charge is 0.377 e. The number of hydrogen-bond acceptors (Lipinski definition) is 9. The maximum atomic E-state index is 13.2. The van der Waals surface area contributed by atoms with Gasteiger partial charge in [0.05, 0.1) is 21.2 Å². The zero-order chi connectivity index (χ0) is 29.4. The standard InChI is InChI=1S/C22H18ClF3N2O8S3/c1-3-37(30,31)18-10-11-19(23)28-20(18)21(29)27-16-12-15(38(32,33)22(24,25)26)8-9-17(16)36-39(34,35)14-6-4-13(2)5-7-14/h4-12H,3H2,1-2H3,(H,27,29). The molecule has 0 bridgehead atoms. The summed E-state index contributed by atoms with van der Waals surface area (Å²) in [4.78, 5) is 14.4. The Labute approximate surface area is 226 Å². The van der Waals surface area contributed by atoms with Crippen molar-refractivity contribution in [3.63, 3.8) is 0 Å². The third-order valence-electron chi connectivity index (χ3n) is 5.08. The van der Waals surface area contributed by atoms with Crippen molar-refractivity contribution >= 4 is 53.0 Å². The number of aromatic nitrogens is 1. The highest BCUT2D eigenvalue weighted by Crippen LogP contribution is 2.36. The second-order valence-electron chi connectivity index (χ2n) is 7.80. The summed E-state index contributed by atoms with van der Waals surface area (Å²) < 4.78 is 119. The predicted molar refractivity (Wildman–Crippen MR) is 134 cm³/mol. The number of nitrogens with one attached hydrogen (secondary N) is 1. The highest BCUT2D eigenvalue weighted by molar-refractivity contribution is 7.92. The quantitative estimate of drug-likeness (QED) is 0.287. The van der Waals surface area contributed by atoms with E-state index in [9.17, 15) is 43.2 Å². The Kier molecular flexibility index (Phi) is 8.36. The molecule has 0 aliphatic carbocycles. The Morgan fingerprint density at radius 1 is 0.949 bits per heavy atom. The summed E-state index contributed by atoms with van der Waals surface area (Å²) in [5.41, 5.74) is -6.65. The second kappa shape index (κ2) is 10.7. The number of carbonyl (C=O) groups is 1. The van der Waals surface area contributed by atoms with E-state index in [1.807, 2.05) is 5.32 Å². The molecule has 1 heterocycles. The van der Waals surface area contributed by atoms with Crippen LogP contribution in [0.5, 0.6) is 5.75 Å². The topological polar surface area (TPSA) is 154 Å². The molecular formula is C22H18ClF3N2O8S3. The van der Waals surface area contributed by atoms with Crippen LogP contribution in [0.3, 0.4) is 0 Å². The minimum Gasteiger partial charge on any atom is -0.377 e. The summed E-state index contributed by atoms with van der Waals surface area (Å²) in [6.07, 6.45) is 0. The Bertz CT molecular complexity index is 1760. The lowest BCUT2D eigenvalue weighted by Gasteiger charge is -2.16. The average Bonchev–Trinajstić information content (AvgIpc) is 2.84. The second-order valence-corrected chi connectivity index (χ2v) is 13.9. The maximum Gasteiger partial charge on any atom is 0.501 e. The molecule has 210 valence electrons. The molecule has 17 heteroatoms. The molecule has 1 amide bonds. The largest absolute Gasteiger partial charge is 0.501 e. The number of alkyl halides is 3. The molecule has 1 aromatic heterocycles. The Morgan fingerprint density at radius 2 is 1.54 bits per heavy atom. The Morgan fingerprint density at radius 3 is 2.10 bits per heavy atom. The molecule has 1 N–H and O–H groups in total. The van der Waals surface area contributed by atoms with Crippen molar-refractivity contribution in [1.29, 1.82) is 0 Å². The molecular weight excluding hydrogens is 609 g/mol. The van der Waals surface area contributed by atoms with Crippen molar-refractivity contribution in [2.75, 3.05) is 11.1 Å². The van der Waals surface area contributed by atoms with Crippen LogP contribution in [0.1, 0.15) is 23.0 Å². The van der Waals surface area contributed by atoms with Crippen molar-refractivity contribution in [3.8, 4) is 5.75 Å². The van der Waals surface area contributed by atoms with Crippen LogP contribution in [0.2, 0.25) is 5.15 Å². The fourth-order valence-electron chi connectivity index (χ4n) is 3.02. The molecule has 3 rings (SSSR count). The van der Waals surface area contributed by atoms with Crippen LogP contribution in [-0.2, 0) is 29.8 Å². The van der Waals surface area contributed by atoms with Crippen LogP contribution in [0.25, 0.3) is 0 Å². The number of halogens is 4. The summed E-state index contributed by atoms with van der Waals surface area (Å²) in [5, 5.41) is 1.67. The lowest BCUT2D eigenvalue weighted by atomic mass is 10.2. The molecule has 0 fully saturated rings. The number of amides is 1. The lowest BCUT2D eigenvalue weighted by Crippen LogP contribution is -2.24. The van der Waals surface area contributed by atoms with Crippen LogP contribution in [0, 0.1) is 6.92 Å². The molecule has 3 aromatic rings. The number of pyridine rings is 1. The Hall–Kier alpha value is -3.21. The van der Waals surface area contributed by atoms with Crippen LogP contribution >= 0.6 is 11.6 Å². The van der Waals surface area contributed by atoms with E-state index in [0.717, 1.165) is 12.1 Å². The molecule has 39 heavy (non-hydrogen) atoms. The summed E-state index contributed by atoms with van der Waals surface area (Å²) >= 11 is 5.80. The van der Waals surface area contributed by atoms with E-state index in [2.05, 4.69) is 4.98 Å². The van der Waals surface area contributed by atoms with Gasteiger partial charge in [0.15, 0.2) is 15.6 Å². The first-order valence-corrected chi connectivity index (χ1v) is 15.5. The molecule has 0 aliphatic rings. The molecule has 0 unspecified atom stereocenters. The van der Waals surface area contributed by atoms with E-state index in [1.165, 1.54) is 31.2 Å². The van der Waals surface area contributed by atoms with Gasteiger partial charge < -0.3 is 9.50 Å². The zero-order valence-electron chi connectivity index (χ0n) is 19.9. The highest BCUT2D eigenvalue weighted by Gasteiger charge is 2.47. The van der Waals surface area contributed by atoms with Crippen LogP contribution in [-0.4, -0.2) is 47.4 Å². The summed E-state index contributed by atoms with van der Waals surface area (Å²) in [6, 6.07) is 8.66. The lowest BCUT2D eigenvalue weighted by molar-refractivity contribution is -0.0436. The van der Waals surface area contributed by atoms with Crippen molar-refractivity contribution in [2.45, 2.75) is 34.0 Å². The van der Waals surface area contributed by atoms with Gasteiger partial charge in [-0.15, -0.1) is 0 Å². The zero-order valence-corrected chi connectivity index (χ0v) is 23.1. The van der Waals surface area contributed by atoms with Gasteiger partial charge in [0.1, 0.15) is 15.7 Å². The third-order valence-corrected chi connectivity index (χ3v) is 9.78. The van der Waals surface area contributed by atoms with E-state index in [1.54, 1.807) is 6.92 Å². The van der Waals surface area contributed by atoms with E-state index < -0.39 is 73.9 Å². The van der Waals surface area contributed by atoms with Gasteiger partial charge in [0.2, 0.25) is 0 Å². The van der Waals surface area contributed by atoms with Gasteiger partial charge in [-0.05, 0) is 49.4 Å². The number of aryl methyl sites for hydroxylation is 1. The average molecular weight is 627 g/mol. The number of anilines is 1. The van der Waals surface area contributed by atoms with Crippen molar-refractivity contribution in [2.24, 2.45) is 0 Å². The molecule has 0 radical (unpaired) electrons. The monoisotopic (exact) mass is 626 g/mol. The van der Waals surface area contributed by atoms with E-state index in [-0.39, 0.29) is 10.0 Å². The molecule has 0 saturated carbocycles. The molecule has 10 nitrogen and oxygen atoms in total. The number of carbonyl (C=O) groups excluding carboxylic acids is 1. The van der Waals surface area contributed by atoms with Crippen LogP contribution in [0.4, 0.5) is 18.9 Å². The number of hydrogen-bond donors (Lipinski definition) is 1. The van der Waals surface area contributed by atoms with Gasteiger partial charge in [0, 0.05) is 0 Å². The van der Waals surface area contributed by atoms with Gasteiger partial charge in [-0.1, -0.05) is 36.2 Å². The predicted octanol–water partition coefficient (Wildman–Crippen LogP) is 4.15. The summed E-state index contributed by atoms with van der Waals surface area (Å²) in [5.74, 6) is -2.59. The van der Waals surface area contributed by atoms with Gasteiger partial charge in [-0.3, -0.25) is 4.79 Å². The highest BCUT2D eigenvalue weighted by atomic mass is 35.5. The van der Waals surface area contributed by atoms with Crippen molar-refractivity contribution < 1.29 is 47.4 Å². The van der Waals surface area contributed by atoms with Gasteiger partial charge >= 0.3 is 15.6 Å². The first-order valence-electron chi connectivity index (χ1n) is 10.6. The van der Waals surface area contributed by atoms with Crippen molar-refractivity contribution in [3.05, 3.63) is 71.0 Å². The first-order chi connectivity index (χ1) is 17.9. The molecule has 0 saturated heterocycles. The number of sulfone groups is 2. The molecule has 2 aromatic carbocycles. The van der Waals surface area contributed by atoms with Crippen LogP contribution < -0.4 is 9.50 Å². The van der Waals surface area contributed by atoms with Gasteiger partial charge in [-0.25, -0.2) is 21.8 Å². The first kappa shape index (κ1) is 30.3. The summed E-state index contributed by atoms with van der Waals surface area (Å²) in [7, 11) is -14.6. The fraction of sp³-hybridized carbons (Fsp3) is 0.182. The summed E-state index contributed by atoms with van der Waals surface area (Å²) in [6.45, 7) is 2.96. The Balaban J connectivity index is 2.17. The molecule has 0 spiro atoms. The van der Waals surface area contributed by atoms with E-state index in [4.69, 9.17) is 15.8 Å². The number of benzene rings is 2. The minimum absolute atomic E-state index is 0.318. The normalized spacial score (nSPS) is 12.7. The SMILES string of the molecule is CCS(=O)(=O)c1ccc(Cl)nc1C(=O)Nc1cc(S(=O)(=O)C(F)(F)F)ccc1OS(=O)(=O)c1ccc(C)cc1. The number of nitrogens with zero attached hydrogens (tertiary/aromatic N) is 1. The van der Waals surface area contributed by atoms with Crippen molar-refractivity contribution in [1.82, 2.24) is 4.98 Å². The number of rotatable bonds is 8. The molecule has 0 aliphatic heterocycles. The van der Waals surface area contributed by atoms with Crippen LogP contribution in [0.15, 0.2) is 69.3 Å². The van der Waals surface area contributed by atoms with E-state index in [0.29, 0.717) is 23.8 Å². The van der Waals surface area contributed by atoms with Gasteiger partial charge in [-0.2, -0.15) is 21.6 Å². The van der Waals surface area contributed by atoms with E-state index >= 15 is 0 Å². The minimum atomic E-state index is -5.95. The third kappa shape index (κ3) is 6.51. The maximum absolute atomic E-state index is 13.2. The molecule has 0 atom stereocenters. The fourth-order valence-corrected chi connectivity index (χ4v) is 5.93. The van der Waals surface area contributed by atoms with Gasteiger partial charge in [0.25, 0.3) is 15.7 Å².